The molecule has 0 fully saturated rings. The maximum Gasteiger partial charge on any atom is 0.171 e. The van der Waals surface area contributed by atoms with E-state index in [1.165, 1.54) is 0 Å². The molecule has 23 heavy (non-hydrogen) atoms. The van der Waals surface area contributed by atoms with E-state index in [0.29, 0.717) is 6.54 Å². The van der Waals surface area contributed by atoms with E-state index in [1.807, 2.05) is 36.5 Å². The normalized spacial score (nSPS) is 12.5. The Morgan fingerprint density at radius 1 is 1.26 bits per heavy atom. The number of nitrogens with zero attached hydrogens (tertiary/aromatic N) is 3. The standard InChI is InChI=1S/C16H16BrClN4O/c17-14-9-20-22-6-5-15(21-16(14)22)19-8-12(10-23)7-11-1-3-13(18)4-2-11/h1-6,9,12,23H,7-8,10H2,(H,19,21). The van der Waals surface area contributed by atoms with Crippen molar-refractivity contribution in [1.29, 1.82) is 0 Å². The van der Waals surface area contributed by atoms with Crippen molar-refractivity contribution in [3.8, 4) is 0 Å². The average molecular weight is 396 g/mol. The lowest BCUT2D eigenvalue weighted by Crippen LogP contribution is -2.20. The number of benzene rings is 1. The Morgan fingerprint density at radius 3 is 2.78 bits per heavy atom. The zero-order valence-electron chi connectivity index (χ0n) is 12.3. The lowest BCUT2D eigenvalue weighted by molar-refractivity contribution is 0.232. The maximum atomic E-state index is 9.59. The molecule has 1 aromatic carbocycles. The number of rotatable bonds is 6. The Labute approximate surface area is 147 Å². The minimum Gasteiger partial charge on any atom is -0.396 e. The highest BCUT2D eigenvalue weighted by Gasteiger charge is 2.10. The Balaban J connectivity index is 1.64. The molecule has 120 valence electrons. The second-order valence-electron chi connectivity index (χ2n) is 5.33. The van der Waals surface area contributed by atoms with Gasteiger partial charge in [-0.25, -0.2) is 9.50 Å². The number of hydrogen-bond donors (Lipinski definition) is 2. The van der Waals surface area contributed by atoms with E-state index < -0.39 is 0 Å². The number of nitrogens with one attached hydrogen (secondary N) is 1. The molecule has 3 aromatic rings. The van der Waals surface area contributed by atoms with Crippen LogP contribution in [0.2, 0.25) is 5.02 Å². The zero-order valence-corrected chi connectivity index (χ0v) is 14.6. The summed E-state index contributed by atoms with van der Waals surface area (Å²) in [6.07, 6.45) is 4.34. The van der Waals surface area contributed by atoms with Crippen molar-refractivity contribution in [3.63, 3.8) is 0 Å². The van der Waals surface area contributed by atoms with Gasteiger partial charge in [0.05, 0.1) is 10.7 Å². The third-order valence-electron chi connectivity index (χ3n) is 3.59. The van der Waals surface area contributed by atoms with Gasteiger partial charge in [-0.3, -0.25) is 0 Å². The summed E-state index contributed by atoms with van der Waals surface area (Å²) in [5.41, 5.74) is 1.91. The fourth-order valence-electron chi connectivity index (χ4n) is 2.34. The van der Waals surface area contributed by atoms with Crippen LogP contribution in [0.4, 0.5) is 5.82 Å². The minimum absolute atomic E-state index is 0.0996. The molecule has 1 atom stereocenters. The van der Waals surface area contributed by atoms with Gasteiger partial charge in [0.1, 0.15) is 5.82 Å². The zero-order chi connectivity index (χ0) is 16.2. The van der Waals surface area contributed by atoms with E-state index in [4.69, 9.17) is 11.6 Å². The van der Waals surface area contributed by atoms with Gasteiger partial charge in [-0.1, -0.05) is 23.7 Å². The molecule has 2 aromatic heterocycles. The Morgan fingerprint density at radius 2 is 2.04 bits per heavy atom. The van der Waals surface area contributed by atoms with Gasteiger partial charge in [-0.15, -0.1) is 0 Å². The van der Waals surface area contributed by atoms with Crippen LogP contribution in [0.25, 0.3) is 5.65 Å². The molecular formula is C16H16BrClN4O. The van der Waals surface area contributed by atoms with Crippen LogP contribution in [0.3, 0.4) is 0 Å². The van der Waals surface area contributed by atoms with Gasteiger partial charge in [-0.2, -0.15) is 5.10 Å². The first-order valence-corrected chi connectivity index (χ1v) is 8.42. The van der Waals surface area contributed by atoms with Gasteiger partial charge in [0.2, 0.25) is 0 Å². The van der Waals surface area contributed by atoms with E-state index >= 15 is 0 Å². The molecule has 7 heteroatoms. The van der Waals surface area contributed by atoms with Crippen LogP contribution in [0.5, 0.6) is 0 Å². The molecule has 0 radical (unpaired) electrons. The van der Waals surface area contributed by atoms with Gasteiger partial charge < -0.3 is 10.4 Å². The van der Waals surface area contributed by atoms with Crippen molar-refractivity contribution in [1.82, 2.24) is 14.6 Å². The van der Waals surface area contributed by atoms with Crippen LogP contribution in [0.15, 0.2) is 47.2 Å². The molecule has 0 spiro atoms. The van der Waals surface area contributed by atoms with Crippen LogP contribution in [0.1, 0.15) is 5.56 Å². The number of hydrogen-bond acceptors (Lipinski definition) is 4. The number of fused-ring (bicyclic) bond motifs is 1. The number of anilines is 1. The van der Waals surface area contributed by atoms with Crippen LogP contribution in [-0.2, 0) is 6.42 Å². The fourth-order valence-corrected chi connectivity index (χ4v) is 2.83. The second kappa shape index (κ2) is 7.29. The summed E-state index contributed by atoms with van der Waals surface area (Å²) in [6.45, 7) is 0.738. The Hall–Kier alpha value is -1.63. The Kier molecular flexibility index (Phi) is 5.15. The highest BCUT2D eigenvalue weighted by molar-refractivity contribution is 9.10. The predicted octanol–water partition coefficient (Wildman–Crippen LogP) is 3.41. The number of halogens is 2. The quantitative estimate of drug-likeness (QED) is 0.671. The molecular weight excluding hydrogens is 380 g/mol. The molecule has 0 aliphatic carbocycles. The number of aliphatic hydroxyl groups is 1. The first-order chi connectivity index (χ1) is 11.2. The summed E-state index contributed by atoms with van der Waals surface area (Å²) in [6, 6.07) is 9.57. The lowest BCUT2D eigenvalue weighted by Gasteiger charge is -2.15. The van der Waals surface area contributed by atoms with Crippen LogP contribution >= 0.6 is 27.5 Å². The third-order valence-corrected chi connectivity index (χ3v) is 4.41. The summed E-state index contributed by atoms with van der Waals surface area (Å²) in [5, 5.41) is 17.8. The summed E-state index contributed by atoms with van der Waals surface area (Å²) in [7, 11) is 0. The molecule has 2 heterocycles. The van der Waals surface area contributed by atoms with Gasteiger partial charge in [0.25, 0.3) is 0 Å². The van der Waals surface area contributed by atoms with Crippen molar-refractivity contribution in [3.05, 3.63) is 57.8 Å². The molecule has 3 rings (SSSR count). The molecule has 0 saturated heterocycles. The third kappa shape index (κ3) is 4.02. The monoisotopic (exact) mass is 394 g/mol. The van der Waals surface area contributed by atoms with E-state index in [0.717, 1.165) is 32.9 Å². The molecule has 0 saturated carbocycles. The topological polar surface area (TPSA) is 62.5 Å². The van der Waals surface area contributed by atoms with E-state index in [-0.39, 0.29) is 12.5 Å². The molecule has 0 bridgehead atoms. The molecule has 0 aliphatic rings. The first-order valence-electron chi connectivity index (χ1n) is 7.25. The highest BCUT2D eigenvalue weighted by Crippen LogP contribution is 2.18. The average Bonchev–Trinajstić information content (AvgIpc) is 2.94. The highest BCUT2D eigenvalue weighted by atomic mass is 79.9. The Bertz CT molecular complexity index is 790. The van der Waals surface area contributed by atoms with Crippen molar-refractivity contribution < 1.29 is 5.11 Å². The number of aromatic nitrogens is 3. The summed E-state index contributed by atoms with van der Waals surface area (Å²) >= 11 is 9.31. The fraction of sp³-hybridized carbons (Fsp3) is 0.250. The summed E-state index contributed by atoms with van der Waals surface area (Å²) < 4.78 is 2.55. The molecule has 0 aliphatic heterocycles. The minimum atomic E-state index is 0.0996. The van der Waals surface area contributed by atoms with Crippen LogP contribution < -0.4 is 5.32 Å². The summed E-state index contributed by atoms with van der Waals surface area (Å²) in [5.74, 6) is 0.857. The van der Waals surface area contributed by atoms with Crippen LogP contribution in [-0.4, -0.2) is 32.9 Å². The van der Waals surface area contributed by atoms with E-state index in [9.17, 15) is 5.11 Å². The van der Waals surface area contributed by atoms with Crippen molar-refractivity contribution in [2.75, 3.05) is 18.5 Å². The first kappa shape index (κ1) is 16.2. The van der Waals surface area contributed by atoms with Gasteiger partial charge in [0.15, 0.2) is 5.65 Å². The SMILES string of the molecule is OCC(CNc1ccn2ncc(Br)c2n1)Cc1ccc(Cl)cc1. The molecule has 0 amide bonds. The van der Waals surface area contributed by atoms with Crippen molar-refractivity contribution in [2.45, 2.75) is 6.42 Å². The van der Waals surface area contributed by atoms with Gasteiger partial charge in [0, 0.05) is 30.3 Å². The van der Waals surface area contributed by atoms with Crippen molar-refractivity contribution in [2.24, 2.45) is 5.92 Å². The molecule has 2 N–H and O–H groups in total. The largest absolute Gasteiger partial charge is 0.396 e. The van der Waals surface area contributed by atoms with Crippen molar-refractivity contribution >= 4 is 39.0 Å². The van der Waals surface area contributed by atoms with Gasteiger partial charge >= 0.3 is 0 Å². The summed E-state index contributed by atoms with van der Waals surface area (Å²) in [4.78, 5) is 4.50. The van der Waals surface area contributed by atoms with E-state index in [2.05, 4.69) is 31.3 Å². The second-order valence-corrected chi connectivity index (χ2v) is 6.62. The smallest absolute Gasteiger partial charge is 0.171 e. The molecule has 1 unspecified atom stereocenters. The van der Waals surface area contributed by atoms with E-state index in [1.54, 1.807) is 10.7 Å². The number of aliphatic hydroxyl groups excluding tert-OH is 1. The lowest BCUT2D eigenvalue weighted by atomic mass is 10.00. The molecule has 5 nitrogen and oxygen atoms in total. The maximum absolute atomic E-state index is 9.59. The van der Waals surface area contributed by atoms with Gasteiger partial charge in [-0.05, 0) is 46.1 Å². The predicted molar refractivity (Wildman–Crippen MR) is 94.9 cm³/mol. The van der Waals surface area contributed by atoms with Crippen LogP contribution in [0, 0.1) is 5.92 Å².